The van der Waals surface area contributed by atoms with Crippen molar-refractivity contribution in [3.63, 3.8) is 0 Å². The number of hydrogen-bond acceptors (Lipinski definition) is 6. The van der Waals surface area contributed by atoms with Crippen molar-refractivity contribution in [1.29, 1.82) is 0 Å². The van der Waals surface area contributed by atoms with Crippen LogP contribution in [0, 0.1) is 6.92 Å². The second-order valence-electron chi connectivity index (χ2n) is 6.95. The van der Waals surface area contributed by atoms with E-state index in [1.807, 2.05) is 55.5 Å². The van der Waals surface area contributed by atoms with Gasteiger partial charge in [0.1, 0.15) is 11.3 Å². The standard InChI is InChI=1S/C23H20N4O3S/c1-15-6-3-7-16(12-15)14-27-11-5-10-19(22(27)29)21(28)25-23-24-20(26-31-23)17-8-4-9-18(13-17)30-2/h3-13H,14H2,1-2H3,(H,24,25,26,28). The minimum absolute atomic E-state index is 0.0493. The fourth-order valence-electron chi connectivity index (χ4n) is 3.16. The highest BCUT2D eigenvalue weighted by atomic mass is 32.1. The van der Waals surface area contributed by atoms with Crippen LogP contribution in [0.3, 0.4) is 0 Å². The van der Waals surface area contributed by atoms with Crippen LogP contribution in [0.15, 0.2) is 71.7 Å². The van der Waals surface area contributed by atoms with Gasteiger partial charge in [0.05, 0.1) is 13.7 Å². The number of benzene rings is 2. The number of nitrogens with zero attached hydrogens (tertiary/aromatic N) is 3. The van der Waals surface area contributed by atoms with E-state index in [0.29, 0.717) is 23.3 Å². The Morgan fingerprint density at radius 1 is 1.13 bits per heavy atom. The number of ether oxygens (including phenoxy) is 1. The molecule has 0 radical (unpaired) electrons. The molecule has 0 bridgehead atoms. The molecule has 1 N–H and O–H groups in total. The predicted molar refractivity (Wildman–Crippen MR) is 121 cm³/mol. The number of hydrogen-bond donors (Lipinski definition) is 1. The van der Waals surface area contributed by atoms with Crippen molar-refractivity contribution in [3.8, 4) is 17.1 Å². The molecule has 1 amide bonds. The fourth-order valence-corrected chi connectivity index (χ4v) is 3.74. The average molecular weight is 433 g/mol. The van der Waals surface area contributed by atoms with E-state index in [2.05, 4.69) is 14.7 Å². The van der Waals surface area contributed by atoms with Crippen LogP contribution in [0.4, 0.5) is 5.13 Å². The van der Waals surface area contributed by atoms with E-state index in [0.717, 1.165) is 28.2 Å². The van der Waals surface area contributed by atoms with Gasteiger partial charge in [-0.05, 0) is 36.8 Å². The van der Waals surface area contributed by atoms with Gasteiger partial charge in [-0.2, -0.15) is 9.36 Å². The van der Waals surface area contributed by atoms with Gasteiger partial charge in [-0.3, -0.25) is 14.9 Å². The Morgan fingerprint density at radius 3 is 2.77 bits per heavy atom. The monoisotopic (exact) mass is 432 g/mol. The van der Waals surface area contributed by atoms with Gasteiger partial charge in [-0.1, -0.05) is 42.0 Å². The molecule has 7 nitrogen and oxygen atoms in total. The van der Waals surface area contributed by atoms with Crippen molar-refractivity contribution in [1.82, 2.24) is 13.9 Å². The number of anilines is 1. The zero-order chi connectivity index (χ0) is 21.8. The Balaban J connectivity index is 1.53. The van der Waals surface area contributed by atoms with Crippen molar-refractivity contribution in [2.75, 3.05) is 12.4 Å². The molecule has 0 saturated carbocycles. The number of rotatable bonds is 6. The smallest absolute Gasteiger partial charge is 0.263 e. The largest absolute Gasteiger partial charge is 0.497 e. The molecule has 2 aromatic heterocycles. The first kappa shape index (κ1) is 20.5. The third kappa shape index (κ3) is 4.70. The lowest BCUT2D eigenvalue weighted by atomic mass is 10.1. The first-order valence-electron chi connectivity index (χ1n) is 9.58. The lowest BCUT2D eigenvalue weighted by molar-refractivity contribution is 0.102. The third-order valence-electron chi connectivity index (χ3n) is 4.67. The van der Waals surface area contributed by atoms with Gasteiger partial charge in [0, 0.05) is 23.3 Å². The highest BCUT2D eigenvalue weighted by molar-refractivity contribution is 7.10. The molecule has 0 spiro atoms. The molecule has 0 saturated heterocycles. The summed E-state index contributed by atoms with van der Waals surface area (Å²) < 4.78 is 11.0. The Morgan fingerprint density at radius 2 is 1.97 bits per heavy atom. The fraction of sp³-hybridized carbons (Fsp3) is 0.130. The maximum absolute atomic E-state index is 12.8. The minimum atomic E-state index is -0.517. The quantitative estimate of drug-likeness (QED) is 0.498. The maximum Gasteiger partial charge on any atom is 0.263 e. The molecular weight excluding hydrogens is 412 g/mol. The van der Waals surface area contributed by atoms with Gasteiger partial charge in [0.15, 0.2) is 5.82 Å². The third-order valence-corrected chi connectivity index (χ3v) is 5.31. The minimum Gasteiger partial charge on any atom is -0.497 e. The summed E-state index contributed by atoms with van der Waals surface area (Å²) in [5, 5.41) is 3.00. The van der Waals surface area contributed by atoms with Crippen molar-refractivity contribution in [3.05, 3.63) is 93.9 Å². The molecule has 0 atom stereocenters. The summed E-state index contributed by atoms with van der Waals surface area (Å²) >= 11 is 1.05. The molecule has 4 rings (SSSR count). The molecule has 0 fully saturated rings. The summed E-state index contributed by atoms with van der Waals surface area (Å²) in [5.74, 6) is 0.650. The summed E-state index contributed by atoms with van der Waals surface area (Å²) in [4.78, 5) is 29.9. The summed E-state index contributed by atoms with van der Waals surface area (Å²) in [7, 11) is 1.59. The van der Waals surface area contributed by atoms with E-state index in [9.17, 15) is 9.59 Å². The number of aryl methyl sites for hydroxylation is 1. The molecule has 2 heterocycles. The SMILES string of the molecule is COc1cccc(-c2nsc(NC(=O)c3cccn(Cc4cccc(C)c4)c3=O)n2)c1. The van der Waals surface area contributed by atoms with E-state index in [1.54, 1.807) is 19.4 Å². The zero-order valence-corrected chi connectivity index (χ0v) is 17.8. The van der Waals surface area contributed by atoms with Gasteiger partial charge in [0.25, 0.3) is 11.5 Å². The van der Waals surface area contributed by atoms with Crippen molar-refractivity contribution in [2.45, 2.75) is 13.5 Å². The number of carbonyl (C=O) groups excluding carboxylic acids is 1. The van der Waals surface area contributed by atoms with E-state index in [1.165, 1.54) is 10.6 Å². The molecule has 0 aliphatic heterocycles. The second kappa shape index (κ2) is 8.93. The van der Waals surface area contributed by atoms with Crippen LogP contribution in [0.2, 0.25) is 0 Å². The van der Waals surface area contributed by atoms with Crippen LogP contribution in [0.5, 0.6) is 5.75 Å². The average Bonchev–Trinajstić information content (AvgIpc) is 3.24. The highest BCUT2D eigenvalue weighted by Gasteiger charge is 2.15. The first-order chi connectivity index (χ1) is 15.0. The van der Waals surface area contributed by atoms with E-state index < -0.39 is 5.91 Å². The number of carbonyl (C=O) groups is 1. The van der Waals surface area contributed by atoms with Crippen molar-refractivity contribution < 1.29 is 9.53 Å². The van der Waals surface area contributed by atoms with Crippen LogP contribution in [-0.2, 0) is 6.54 Å². The number of aromatic nitrogens is 3. The van der Waals surface area contributed by atoms with Gasteiger partial charge in [0.2, 0.25) is 5.13 Å². The zero-order valence-electron chi connectivity index (χ0n) is 17.0. The molecular formula is C23H20N4O3S. The Kier molecular flexibility index (Phi) is 5.90. The van der Waals surface area contributed by atoms with Gasteiger partial charge in [-0.15, -0.1) is 0 Å². The van der Waals surface area contributed by atoms with Crippen LogP contribution in [-0.4, -0.2) is 26.9 Å². The number of methoxy groups -OCH3 is 1. The molecule has 31 heavy (non-hydrogen) atoms. The molecule has 0 aliphatic carbocycles. The van der Waals surface area contributed by atoms with Crippen LogP contribution >= 0.6 is 11.5 Å². The van der Waals surface area contributed by atoms with Crippen LogP contribution < -0.4 is 15.6 Å². The lowest BCUT2D eigenvalue weighted by Crippen LogP contribution is -2.29. The first-order valence-corrected chi connectivity index (χ1v) is 10.4. The van der Waals surface area contributed by atoms with E-state index in [4.69, 9.17) is 4.74 Å². The normalized spacial score (nSPS) is 10.6. The Hall–Kier alpha value is -3.78. The molecule has 0 unspecified atom stereocenters. The van der Waals surface area contributed by atoms with E-state index in [-0.39, 0.29) is 11.1 Å². The topological polar surface area (TPSA) is 86.1 Å². The van der Waals surface area contributed by atoms with E-state index >= 15 is 0 Å². The van der Waals surface area contributed by atoms with Gasteiger partial charge >= 0.3 is 0 Å². The Bertz CT molecular complexity index is 1300. The molecule has 4 aromatic rings. The lowest BCUT2D eigenvalue weighted by Gasteiger charge is -2.08. The molecule has 0 aliphatic rings. The molecule has 8 heteroatoms. The summed E-state index contributed by atoms with van der Waals surface area (Å²) in [6, 6.07) is 18.5. The second-order valence-corrected chi connectivity index (χ2v) is 7.71. The number of nitrogens with one attached hydrogen (secondary N) is 1. The van der Waals surface area contributed by atoms with Gasteiger partial charge < -0.3 is 9.30 Å². The predicted octanol–water partition coefficient (Wildman–Crippen LogP) is 3.98. The van der Waals surface area contributed by atoms with Gasteiger partial charge in [-0.25, -0.2) is 0 Å². The van der Waals surface area contributed by atoms with Crippen molar-refractivity contribution >= 4 is 22.6 Å². The Labute approximate surface area is 183 Å². The summed E-state index contributed by atoms with van der Waals surface area (Å²) in [6.07, 6.45) is 1.67. The van der Waals surface area contributed by atoms with Crippen molar-refractivity contribution in [2.24, 2.45) is 0 Å². The maximum atomic E-state index is 12.8. The number of pyridine rings is 1. The number of amides is 1. The summed E-state index contributed by atoms with van der Waals surface area (Å²) in [6.45, 7) is 2.39. The molecule has 156 valence electrons. The van der Waals surface area contributed by atoms with Crippen LogP contribution in [0.1, 0.15) is 21.5 Å². The summed E-state index contributed by atoms with van der Waals surface area (Å²) in [5.41, 5.74) is 2.57. The highest BCUT2D eigenvalue weighted by Crippen LogP contribution is 2.24. The molecule has 2 aromatic carbocycles. The van der Waals surface area contributed by atoms with Crippen LogP contribution in [0.25, 0.3) is 11.4 Å².